The van der Waals surface area contributed by atoms with E-state index in [1.54, 1.807) is 25.1 Å². The lowest BCUT2D eigenvalue weighted by Gasteiger charge is -2.29. The van der Waals surface area contributed by atoms with Gasteiger partial charge in [0.05, 0.1) is 21.3 Å². The second kappa shape index (κ2) is 13.5. The molecule has 1 atom stereocenters. The van der Waals surface area contributed by atoms with Gasteiger partial charge in [0.2, 0.25) is 0 Å². The van der Waals surface area contributed by atoms with Crippen LogP contribution in [0.15, 0.2) is 84.9 Å². The normalized spacial score (nSPS) is 12.0. The summed E-state index contributed by atoms with van der Waals surface area (Å²) < 4.78 is 18.2. The Morgan fingerprint density at radius 1 is 0.929 bits per heavy atom. The third kappa shape index (κ3) is 6.99. The lowest BCUT2D eigenvalue weighted by atomic mass is 10.1. The number of esters is 1. The average Bonchev–Trinajstić information content (AvgIpc) is 3.36. The number of carbonyl (C=O) groups excluding carboxylic acids is 1. The molecule has 0 amide bonds. The first-order valence-electron chi connectivity index (χ1n) is 14.1. The van der Waals surface area contributed by atoms with Crippen molar-refractivity contribution in [2.24, 2.45) is 5.92 Å². The van der Waals surface area contributed by atoms with Gasteiger partial charge in [0, 0.05) is 35.1 Å². The van der Waals surface area contributed by atoms with Crippen molar-refractivity contribution in [2.45, 2.75) is 26.9 Å². The molecule has 42 heavy (non-hydrogen) atoms. The zero-order chi connectivity index (χ0) is 29.6. The molecule has 0 fully saturated rings. The average molecular weight is 679 g/mol. The smallest absolute Gasteiger partial charge is 0.338 e. The Morgan fingerprint density at radius 3 is 2.43 bits per heavy atom. The molecule has 0 unspecified atom stereocenters. The number of aliphatic hydroxyl groups excluding tert-OH is 1. The highest BCUT2D eigenvalue weighted by atomic mass is 127. The van der Waals surface area contributed by atoms with Crippen molar-refractivity contribution in [2.75, 3.05) is 31.2 Å². The number of rotatable bonds is 12. The van der Waals surface area contributed by atoms with Gasteiger partial charge in [0.25, 0.3) is 0 Å². The van der Waals surface area contributed by atoms with Crippen molar-refractivity contribution in [1.82, 2.24) is 4.98 Å². The van der Waals surface area contributed by atoms with E-state index in [-0.39, 0.29) is 12.6 Å². The van der Waals surface area contributed by atoms with Gasteiger partial charge in [-0.15, -0.1) is 0 Å². The third-order valence-electron chi connectivity index (χ3n) is 6.81. The summed E-state index contributed by atoms with van der Waals surface area (Å²) >= 11 is 2.16. The second-order valence-electron chi connectivity index (χ2n) is 10.6. The molecule has 5 aromatic rings. The van der Waals surface area contributed by atoms with E-state index < -0.39 is 6.10 Å². The number of ether oxygens (including phenoxy) is 3. The van der Waals surface area contributed by atoms with Crippen LogP contribution in [0.25, 0.3) is 21.8 Å². The van der Waals surface area contributed by atoms with Crippen molar-refractivity contribution < 1.29 is 24.1 Å². The molecule has 5 rings (SSSR count). The summed E-state index contributed by atoms with van der Waals surface area (Å²) in [6, 6.07) is 27.2. The van der Waals surface area contributed by atoms with Gasteiger partial charge in [0.15, 0.2) is 0 Å². The zero-order valence-electron chi connectivity index (χ0n) is 24.0. The lowest BCUT2D eigenvalue weighted by molar-refractivity contribution is 0.0526. The van der Waals surface area contributed by atoms with Crippen LogP contribution in [0.5, 0.6) is 17.2 Å². The van der Waals surface area contributed by atoms with Gasteiger partial charge in [-0.2, -0.15) is 0 Å². The van der Waals surface area contributed by atoms with E-state index in [1.807, 2.05) is 54.6 Å². The predicted molar refractivity (Wildman–Crippen MR) is 176 cm³/mol. The van der Waals surface area contributed by atoms with Gasteiger partial charge in [-0.05, 0) is 96.1 Å². The molecule has 0 spiro atoms. The molecular weight excluding hydrogens is 643 g/mol. The molecule has 0 aliphatic rings. The maximum Gasteiger partial charge on any atom is 0.338 e. The number of para-hydroxylation sites is 1. The molecule has 1 aromatic heterocycles. The number of H-pyrrole nitrogens is 1. The zero-order valence-corrected chi connectivity index (χ0v) is 26.1. The molecule has 0 aliphatic carbocycles. The van der Waals surface area contributed by atoms with E-state index in [9.17, 15) is 9.90 Å². The van der Waals surface area contributed by atoms with Crippen molar-refractivity contribution >= 4 is 56.1 Å². The van der Waals surface area contributed by atoms with Crippen LogP contribution in [-0.2, 0) is 4.74 Å². The summed E-state index contributed by atoms with van der Waals surface area (Å²) in [5, 5.41) is 13.2. The molecule has 4 aromatic carbocycles. The van der Waals surface area contributed by atoms with Crippen LogP contribution in [0.3, 0.4) is 0 Å². The quantitative estimate of drug-likeness (QED) is 0.104. The van der Waals surface area contributed by atoms with Crippen molar-refractivity contribution in [1.29, 1.82) is 0 Å². The molecule has 7 nitrogen and oxygen atoms in total. The lowest BCUT2D eigenvalue weighted by Crippen LogP contribution is -2.37. The van der Waals surface area contributed by atoms with Crippen molar-refractivity contribution in [3.05, 3.63) is 94.1 Å². The molecule has 0 aliphatic heterocycles. The summed E-state index contributed by atoms with van der Waals surface area (Å²) in [5.74, 6) is 2.15. The van der Waals surface area contributed by atoms with Crippen LogP contribution >= 0.6 is 22.6 Å². The maximum absolute atomic E-state index is 12.0. The Hall–Kier alpha value is -3.76. The summed E-state index contributed by atoms with van der Waals surface area (Å²) in [6.07, 6.45) is -0.695. The summed E-state index contributed by atoms with van der Waals surface area (Å²) in [4.78, 5) is 17.6. The number of aromatic amines is 1. The van der Waals surface area contributed by atoms with Gasteiger partial charge < -0.3 is 29.2 Å². The minimum Gasteiger partial charge on any atom is -0.490 e. The number of aromatic nitrogens is 1. The van der Waals surface area contributed by atoms with E-state index in [2.05, 4.69) is 58.5 Å². The Balaban J connectivity index is 1.25. The maximum atomic E-state index is 12.0. The summed E-state index contributed by atoms with van der Waals surface area (Å²) in [6.45, 7) is 7.82. The first-order chi connectivity index (χ1) is 20.3. The van der Waals surface area contributed by atoms with E-state index >= 15 is 0 Å². The molecule has 0 saturated heterocycles. The van der Waals surface area contributed by atoms with E-state index in [0.717, 1.165) is 43.4 Å². The highest BCUT2D eigenvalue weighted by Gasteiger charge is 2.17. The second-order valence-corrected chi connectivity index (χ2v) is 11.7. The molecule has 8 heteroatoms. The monoisotopic (exact) mass is 678 g/mol. The minimum absolute atomic E-state index is 0.175. The van der Waals surface area contributed by atoms with Crippen LogP contribution in [-0.4, -0.2) is 48.5 Å². The third-order valence-corrected chi connectivity index (χ3v) is 7.66. The molecule has 0 saturated carbocycles. The fourth-order valence-electron chi connectivity index (χ4n) is 4.98. The Kier molecular flexibility index (Phi) is 9.54. The van der Waals surface area contributed by atoms with Crippen LogP contribution in [0.4, 0.5) is 5.69 Å². The van der Waals surface area contributed by atoms with Gasteiger partial charge >= 0.3 is 5.97 Å². The number of halogens is 1. The van der Waals surface area contributed by atoms with Crippen molar-refractivity contribution in [3.63, 3.8) is 0 Å². The Morgan fingerprint density at radius 2 is 1.69 bits per heavy atom. The first kappa shape index (κ1) is 29.7. The Labute approximate surface area is 259 Å². The fraction of sp³-hybridized carbons (Fsp3) is 0.265. The number of nitrogens with zero attached hydrogens (tertiary/aromatic N) is 1. The molecular formula is C34H35IN2O5. The van der Waals surface area contributed by atoms with Crippen LogP contribution in [0.1, 0.15) is 31.1 Å². The SMILES string of the molecule is CCOC(=O)c1ccc(Oc2ccc(N(CC(C)C)C[C@H](O)COc3cccc4[nH]c5ccccc5c34)cc2)c(I)c1. The fourth-order valence-corrected chi connectivity index (χ4v) is 5.61. The highest BCUT2D eigenvalue weighted by Crippen LogP contribution is 2.33. The van der Waals surface area contributed by atoms with Gasteiger partial charge in [0.1, 0.15) is 30.0 Å². The van der Waals surface area contributed by atoms with Crippen LogP contribution < -0.4 is 14.4 Å². The number of benzene rings is 4. The number of fused-ring (bicyclic) bond motifs is 3. The van der Waals surface area contributed by atoms with E-state index in [0.29, 0.717) is 36.1 Å². The number of hydrogen-bond donors (Lipinski definition) is 2. The largest absolute Gasteiger partial charge is 0.490 e. The number of anilines is 1. The first-order valence-corrected chi connectivity index (χ1v) is 15.2. The van der Waals surface area contributed by atoms with Crippen LogP contribution in [0, 0.1) is 9.49 Å². The van der Waals surface area contributed by atoms with E-state index in [4.69, 9.17) is 14.2 Å². The standard InChI is InChI=1S/C34H35IN2O5/c1-4-40-34(39)23-12-17-31(28(35)18-23)42-26-15-13-24(14-16-26)37(19-22(2)3)20-25(38)21-41-32-11-7-10-30-33(32)27-8-5-6-9-29(27)36-30/h5-18,22,25,36,38H,4,19-21H2,1-3H3/t25-/m0/s1. The van der Waals surface area contributed by atoms with Gasteiger partial charge in [-0.3, -0.25) is 0 Å². The molecule has 1 heterocycles. The Bertz CT molecular complexity index is 1660. The highest BCUT2D eigenvalue weighted by molar-refractivity contribution is 14.1. The molecule has 218 valence electrons. The van der Waals surface area contributed by atoms with E-state index in [1.165, 1.54) is 0 Å². The minimum atomic E-state index is -0.695. The molecule has 0 bridgehead atoms. The number of nitrogens with one attached hydrogen (secondary N) is 1. The van der Waals surface area contributed by atoms with Crippen molar-refractivity contribution in [3.8, 4) is 17.2 Å². The summed E-state index contributed by atoms with van der Waals surface area (Å²) in [7, 11) is 0. The topological polar surface area (TPSA) is 84.0 Å². The number of hydrogen-bond acceptors (Lipinski definition) is 6. The van der Waals surface area contributed by atoms with Gasteiger partial charge in [-0.1, -0.05) is 38.1 Å². The molecule has 0 radical (unpaired) electrons. The summed E-state index contributed by atoms with van der Waals surface area (Å²) in [5.41, 5.74) is 3.55. The number of carbonyl (C=O) groups is 1. The van der Waals surface area contributed by atoms with Gasteiger partial charge in [-0.25, -0.2) is 4.79 Å². The van der Waals surface area contributed by atoms with Crippen LogP contribution in [0.2, 0.25) is 0 Å². The molecule has 2 N–H and O–H groups in total. The number of aliphatic hydroxyl groups is 1. The predicted octanol–water partition coefficient (Wildman–Crippen LogP) is 7.80.